The third kappa shape index (κ3) is 4.63. The van der Waals surface area contributed by atoms with Gasteiger partial charge < -0.3 is 5.32 Å². The van der Waals surface area contributed by atoms with Crippen molar-refractivity contribution in [3.63, 3.8) is 0 Å². The molecule has 3 rings (SSSR count). The van der Waals surface area contributed by atoms with Gasteiger partial charge in [-0.1, -0.05) is 0 Å². The predicted molar refractivity (Wildman–Crippen MR) is 105 cm³/mol. The maximum Gasteiger partial charge on any atom is 0.281 e. The Hall–Kier alpha value is -2.03. The first-order chi connectivity index (χ1) is 12.8. The lowest BCUT2D eigenvalue weighted by atomic mass is 9.95. The first-order valence-corrected chi connectivity index (χ1v) is 10.3. The van der Waals surface area contributed by atoms with E-state index in [-0.39, 0.29) is 11.7 Å². The number of anilines is 2. The number of benzene rings is 1. The van der Waals surface area contributed by atoms with Crippen LogP contribution in [0.15, 0.2) is 36.4 Å². The molecular weight excluding hydrogens is 367 g/mol. The highest BCUT2D eigenvalue weighted by atomic mass is 32.2. The number of nitrogens with zero attached hydrogens (tertiary/aromatic N) is 3. The molecule has 0 amide bonds. The van der Waals surface area contributed by atoms with Crippen molar-refractivity contribution >= 4 is 21.6 Å². The Morgan fingerprint density at radius 3 is 2.56 bits per heavy atom. The summed E-state index contributed by atoms with van der Waals surface area (Å²) in [5.41, 5.74) is 3.37. The summed E-state index contributed by atoms with van der Waals surface area (Å²) in [5, 5.41) is 3.26. The quantitative estimate of drug-likeness (QED) is 0.848. The third-order valence-corrected chi connectivity index (χ3v) is 6.60. The molecule has 6 nitrogen and oxygen atoms in total. The summed E-state index contributed by atoms with van der Waals surface area (Å²) >= 11 is 0. The molecule has 0 saturated carbocycles. The van der Waals surface area contributed by atoms with E-state index in [4.69, 9.17) is 0 Å². The van der Waals surface area contributed by atoms with Gasteiger partial charge in [-0.2, -0.15) is 17.0 Å². The number of hydrogen-bond donors (Lipinski definition) is 1. The van der Waals surface area contributed by atoms with E-state index in [2.05, 4.69) is 10.3 Å². The maximum absolute atomic E-state index is 13.1. The maximum atomic E-state index is 13.1. The number of hydrogen-bond acceptors (Lipinski definition) is 4. The minimum Gasteiger partial charge on any atom is -0.355 e. The van der Waals surface area contributed by atoms with Crippen LogP contribution in [-0.2, 0) is 10.2 Å². The molecule has 1 aromatic carbocycles. The molecule has 1 aromatic heterocycles. The average Bonchev–Trinajstić information content (AvgIpc) is 2.63. The smallest absolute Gasteiger partial charge is 0.281 e. The molecule has 146 valence electrons. The van der Waals surface area contributed by atoms with Crippen LogP contribution < -0.4 is 5.32 Å². The van der Waals surface area contributed by atoms with Gasteiger partial charge in [-0.3, -0.25) is 4.98 Å². The molecule has 2 aromatic rings. The SMILES string of the molecule is Cc1cc(Nc2ccc(F)cc2)cc([C@@H]2CCCN(S(=O)(=O)N(C)C)C2)n1. The first-order valence-electron chi connectivity index (χ1n) is 8.94. The van der Waals surface area contributed by atoms with Crippen LogP contribution in [0.4, 0.5) is 15.8 Å². The van der Waals surface area contributed by atoms with Crippen molar-refractivity contribution in [1.82, 2.24) is 13.6 Å². The highest BCUT2D eigenvalue weighted by molar-refractivity contribution is 7.86. The minimum atomic E-state index is -3.43. The van der Waals surface area contributed by atoms with Crippen molar-refractivity contribution < 1.29 is 12.8 Å². The Balaban J connectivity index is 1.82. The summed E-state index contributed by atoms with van der Waals surface area (Å²) in [6, 6.07) is 10.0. The summed E-state index contributed by atoms with van der Waals surface area (Å²) in [5.74, 6) is -0.237. The van der Waals surface area contributed by atoms with Crippen molar-refractivity contribution in [3.05, 3.63) is 53.6 Å². The Morgan fingerprint density at radius 2 is 1.89 bits per heavy atom. The molecule has 27 heavy (non-hydrogen) atoms. The zero-order valence-corrected chi connectivity index (χ0v) is 16.6. The Kier molecular flexibility index (Phi) is 5.78. The van der Waals surface area contributed by atoms with E-state index < -0.39 is 10.2 Å². The van der Waals surface area contributed by atoms with Crippen LogP contribution in [0.2, 0.25) is 0 Å². The number of piperidine rings is 1. The molecule has 1 N–H and O–H groups in total. The second-order valence-electron chi connectivity index (χ2n) is 7.04. The van der Waals surface area contributed by atoms with Crippen LogP contribution in [0.25, 0.3) is 0 Å². The highest BCUT2D eigenvalue weighted by Gasteiger charge is 2.31. The summed E-state index contributed by atoms with van der Waals surface area (Å²) in [4.78, 5) is 4.64. The number of nitrogens with one attached hydrogen (secondary N) is 1. The van der Waals surface area contributed by atoms with Crippen molar-refractivity contribution in [3.8, 4) is 0 Å². The molecule has 0 unspecified atom stereocenters. The van der Waals surface area contributed by atoms with Crippen LogP contribution in [-0.4, -0.2) is 49.2 Å². The van der Waals surface area contributed by atoms with E-state index in [0.717, 1.165) is 35.6 Å². The normalized spacial score (nSPS) is 18.6. The molecule has 8 heteroatoms. The fourth-order valence-electron chi connectivity index (χ4n) is 3.30. The van der Waals surface area contributed by atoms with E-state index >= 15 is 0 Å². The molecule has 0 aliphatic carbocycles. The summed E-state index contributed by atoms with van der Waals surface area (Å²) < 4.78 is 40.8. The van der Waals surface area contributed by atoms with Crippen LogP contribution >= 0.6 is 0 Å². The van der Waals surface area contributed by atoms with Crippen LogP contribution in [0, 0.1) is 12.7 Å². The Morgan fingerprint density at radius 1 is 1.19 bits per heavy atom. The second kappa shape index (κ2) is 7.92. The van der Waals surface area contributed by atoms with Crippen molar-refractivity contribution in [2.45, 2.75) is 25.7 Å². The summed E-state index contributed by atoms with van der Waals surface area (Å²) in [6.45, 7) is 2.87. The molecule has 1 aliphatic heterocycles. The Bertz CT molecular complexity index is 900. The van der Waals surface area contributed by atoms with Gasteiger partial charge in [0.05, 0.1) is 0 Å². The number of pyridine rings is 1. The van der Waals surface area contributed by atoms with E-state index in [1.54, 1.807) is 26.2 Å². The van der Waals surface area contributed by atoms with Gasteiger partial charge in [0.25, 0.3) is 10.2 Å². The molecule has 1 aliphatic rings. The minimum absolute atomic E-state index is 0.0437. The Labute approximate surface area is 160 Å². The molecule has 1 fully saturated rings. The second-order valence-corrected chi connectivity index (χ2v) is 9.18. The first kappa shape index (κ1) is 19.7. The topological polar surface area (TPSA) is 65.5 Å². The van der Waals surface area contributed by atoms with Gasteiger partial charge in [-0.25, -0.2) is 4.39 Å². The van der Waals surface area contributed by atoms with Gasteiger partial charge in [0, 0.05) is 55.9 Å². The monoisotopic (exact) mass is 392 g/mol. The van der Waals surface area contributed by atoms with E-state index in [1.807, 2.05) is 19.1 Å². The molecule has 0 spiro atoms. The third-order valence-electron chi connectivity index (χ3n) is 4.70. The number of aromatic nitrogens is 1. The van der Waals surface area contributed by atoms with Gasteiger partial charge >= 0.3 is 0 Å². The summed E-state index contributed by atoms with van der Waals surface area (Å²) in [7, 11) is -0.326. The lowest BCUT2D eigenvalue weighted by Crippen LogP contribution is -2.45. The van der Waals surface area contributed by atoms with Crippen LogP contribution in [0.3, 0.4) is 0 Å². The van der Waals surface area contributed by atoms with E-state index in [0.29, 0.717) is 13.1 Å². The number of rotatable bonds is 5. The average molecular weight is 393 g/mol. The van der Waals surface area contributed by atoms with Crippen molar-refractivity contribution in [2.24, 2.45) is 0 Å². The molecule has 2 heterocycles. The zero-order valence-electron chi connectivity index (χ0n) is 15.8. The molecule has 0 bridgehead atoms. The fraction of sp³-hybridized carbons (Fsp3) is 0.421. The number of aryl methyl sites for hydroxylation is 1. The van der Waals surface area contributed by atoms with Gasteiger partial charge in [-0.05, 0) is 56.2 Å². The molecule has 1 atom stereocenters. The van der Waals surface area contributed by atoms with Gasteiger partial charge in [-0.15, -0.1) is 0 Å². The fourth-order valence-corrected chi connectivity index (χ4v) is 4.49. The van der Waals surface area contributed by atoms with Crippen molar-refractivity contribution in [1.29, 1.82) is 0 Å². The van der Waals surface area contributed by atoms with E-state index in [1.165, 1.54) is 20.7 Å². The van der Waals surface area contributed by atoms with Crippen LogP contribution in [0.1, 0.15) is 30.1 Å². The van der Waals surface area contributed by atoms with Crippen molar-refractivity contribution in [2.75, 3.05) is 32.5 Å². The van der Waals surface area contributed by atoms with E-state index in [9.17, 15) is 12.8 Å². The predicted octanol–water partition coefficient (Wildman–Crippen LogP) is 3.26. The molecular formula is C19H25FN4O2S. The lowest BCUT2D eigenvalue weighted by Gasteiger charge is -2.33. The standard InChI is InChI=1S/C19H25FN4O2S/c1-14-11-18(22-17-8-6-16(20)7-9-17)12-19(21-14)15-5-4-10-24(13-15)27(25,26)23(2)3/h6-9,11-12,15H,4-5,10,13H2,1-3H3,(H,21,22)/t15-/m1/s1. The van der Waals surface area contributed by atoms with Crippen LogP contribution in [0.5, 0.6) is 0 Å². The van der Waals surface area contributed by atoms with Gasteiger partial charge in [0.1, 0.15) is 5.82 Å². The number of halogens is 1. The largest absolute Gasteiger partial charge is 0.355 e. The summed E-state index contributed by atoms with van der Waals surface area (Å²) in [6.07, 6.45) is 1.69. The molecule has 0 radical (unpaired) electrons. The zero-order chi connectivity index (χ0) is 19.6. The highest BCUT2D eigenvalue weighted by Crippen LogP contribution is 2.30. The molecule has 1 saturated heterocycles. The lowest BCUT2D eigenvalue weighted by molar-refractivity contribution is 0.296. The van der Waals surface area contributed by atoms with Gasteiger partial charge in [0.15, 0.2) is 0 Å². The van der Waals surface area contributed by atoms with Gasteiger partial charge in [0.2, 0.25) is 0 Å².